The summed E-state index contributed by atoms with van der Waals surface area (Å²) in [5, 5.41) is 2.31. The van der Waals surface area contributed by atoms with Crippen LogP contribution in [0.3, 0.4) is 0 Å². The normalized spacial score (nSPS) is 12.3. The molecule has 0 aliphatic carbocycles. The number of thiophene rings is 2. The van der Waals surface area contributed by atoms with Crippen molar-refractivity contribution in [2.75, 3.05) is 9.80 Å². The molecule has 14 aromatic rings. The molecule has 4 heteroatoms. The average molecular weight is 1440 g/mol. The zero-order chi connectivity index (χ0) is 74.5. The van der Waals surface area contributed by atoms with Crippen LogP contribution in [0.15, 0.2) is 352 Å². The third-order valence-electron chi connectivity index (χ3n) is 23.9. The lowest BCUT2D eigenvalue weighted by molar-refractivity contribution is 0.478. The minimum atomic E-state index is -0.0815. The lowest BCUT2D eigenvalue weighted by atomic mass is 9.70. The van der Waals surface area contributed by atoms with E-state index < -0.39 is 0 Å². The number of nitrogens with zero attached hydrogens (tertiary/aromatic N) is 2. The first-order valence-electron chi connectivity index (χ1n) is 39.3. The molecule has 108 heavy (non-hydrogen) atoms. The van der Waals surface area contributed by atoms with E-state index in [1.807, 2.05) is 22.7 Å². The summed E-state index contributed by atoms with van der Waals surface area (Å²) in [5.41, 5.74) is 24.4. The van der Waals surface area contributed by atoms with E-state index in [9.17, 15) is 0 Å². The van der Waals surface area contributed by atoms with Gasteiger partial charge in [-0.1, -0.05) is 334 Å². The van der Waals surface area contributed by atoms with Crippen molar-refractivity contribution in [2.24, 2.45) is 0 Å². The molecule has 0 saturated heterocycles. The second-order valence-electron chi connectivity index (χ2n) is 28.8. The summed E-state index contributed by atoms with van der Waals surface area (Å²) in [4.78, 5) is 7.33. The van der Waals surface area contributed by atoms with Gasteiger partial charge in [0.05, 0.1) is 0 Å². The van der Waals surface area contributed by atoms with Gasteiger partial charge in [0, 0.05) is 54.2 Å². The van der Waals surface area contributed by atoms with E-state index in [-0.39, 0.29) is 21.7 Å². The maximum atomic E-state index is 2.46. The first-order valence-corrected chi connectivity index (χ1v) is 40.9. The SMILES string of the molecule is CCC(CC)(c1ccccc1)c1ccc(N(c2ccc(C(CC)(CC)c3ccccc3)cc2)c2ccc(/C(=C/c3ccc(-c4ccc(/C=C(\c5ccccc5)c5ccc(N(c6ccc(C(CC)(CC)c7ccccc7)cc6)c6ccc(C(CC)(CC)c7ccccc7)cc6)s5)cc4)cc3)c3ccccc3)s2)cc1. The number of hydrogen-bond donors (Lipinski definition) is 0. The number of benzene rings is 12. The topological polar surface area (TPSA) is 6.48 Å². The minimum Gasteiger partial charge on any atom is -0.302 e. The summed E-state index contributed by atoms with van der Waals surface area (Å²) < 4.78 is 0. The molecule has 0 N–H and O–H groups in total. The molecule has 0 atom stereocenters. The number of anilines is 6. The van der Waals surface area contributed by atoms with Crippen LogP contribution in [0.1, 0.15) is 183 Å². The highest BCUT2D eigenvalue weighted by molar-refractivity contribution is 7.17. The van der Waals surface area contributed by atoms with Crippen LogP contribution in [-0.4, -0.2) is 0 Å². The second-order valence-corrected chi connectivity index (χ2v) is 31.0. The highest BCUT2D eigenvalue weighted by Gasteiger charge is 2.35. The predicted molar refractivity (Wildman–Crippen MR) is 468 cm³/mol. The van der Waals surface area contributed by atoms with E-state index in [4.69, 9.17) is 0 Å². The van der Waals surface area contributed by atoms with Crippen molar-refractivity contribution in [2.45, 2.75) is 128 Å². The van der Waals surface area contributed by atoms with E-state index in [0.717, 1.165) is 95.2 Å². The first-order chi connectivity index (χ1) is 53.1. The van der Waals surface area contributed by atoms with Gasteiger partial charge in [-0.2, -0.15) is 0 Å². The van der Waals surface area contributed by atoms with E-state index in [1.165, 1.54) is 87.7 Å². The van der Waals surface area contributed by atoms with Crippen molar-refractivity contribution in [3.05, 3.63) is 428 Å². The minimum absolute atomic E-state index is 0.0815. The van der Waals surface area contributed by atoms with Gasteiger partial charge in [0.1, 0.15) is 10.0 Å². The maximum absolute atomic E-state index is 2.46. The van der Waals surface area contributed by atoms with Gasteiger partial charge in [-0.15, -0.1) is 22.7 Å². The van der Waals surface area contributed by atoms with Crippen LogP contribution in [0.5, 0.6) is 0 Å². The molecule has 0 fully saturated rings. The Hall–Kier alpha value is -10.9. The predicted octanol–water partition coefficient (Wildman–Crippen LogP) is 30.0. The van der Waals surface area contributed by atoms with Crippen molar-refractivity contribution in [3.63, 3.8) is 0 Å². The summed E-state index contributed by atoms with van der Waals surface area (Å²) in [6.07, 6.45) is 12.9. The van der Waals surface area contributed by atoms with Crippen LogP contribution in [0.2, 0.25) is 0 Å². The highest BCUT2D eigenvalue weighted by atomic mass is 32.1. The molecular weight excluding hydrogens is 1340 g/mol. The van der Waals surface area contributed by atoms with Gasteiger partial charge in [0.2, 0.25) is 0 Å². The van der Waals surface area contributed by atoms with Gasteiger partial charge in [-0.25, -0.2) is 0 Å². The van der Waals surface area contributed by atoms with E-state index in [1.54, 1.807) is 0 Å². The smallest absolute Gasteiger partial charge is 0.101 e. The Bertz CT molecular complexity index is 4680. The van der Waals surface area contributed by atoms with Crippen molar-refractivity contribution in [3.8, 4) is 11.1 Å². The summed E-state index contributed by atoms with van der Waals surface area (Å²) in [5.74, 6) is 0. The Morgan fingerprint density at radius 3 is 0.667 bits per heavy atom. The lowest BCUT2D eigenvalue weighted by Gasteiger charge is -2.34. The van der Waals surface area contributed by atoms with Crippen LogP contribution in [0.4, 0.5) is 32.8 Å². The Morgan fingerprint density at radius 2 is 0.444 bits per heavy atom. The van der Waals surface area contributed by atoms with Gasteiger partial charge in [-0.3, -0.25) is 0 Å². The van der Waals surface area contributed by atoms with Crippen LogP contribution < -0.4 is 9.80 Å². The molecule has 0 amide bonds. The zero-order valence-electron chi connectivity index (χ0n) is 64.0. The highest BCUT2D eigenvalue weighted by Crippen LogP contribution is 2.50. The molecule has 2 aromatic heterocycles. The second kappa shape index (κ2) is 33.5. The van der Waals surface area contributed by atoms with E-state index in [0.29, 0.717) is 0 Å². The zero-order valence-corrected chi connectivity index (χ0v) is 65.6. The summed E-state index contributed by atoms with van der Waals surface area (Å²) >= 11 is 3.68. The molecule has 12 aromatic carbocycles. The van der Waals surface area contributed by atoms with Crippen molar-refractivity contribution in [1.29, 1.82) is 0 Å². The summed E-state index contributed by atoms with van der Waals surface area (Å²) in [6, 6.07) is 131. The van der Waals surface area contributed by atoms with Crippen molar-refractivity contribution >= 4 is 78.7 Å². The molecule has 0 unspecified atom stereocenters. The standard InChI is InChI=1S/C104H100N2S2/c1-9-101(10-2,83-39-27-19-28-40-83)87-55-63-91(64-56-87)105(92-65-57-88(58-66-92)102(11-3,12-4)84-41-29-20-30-42-84)99-73-71-97(107-99)95(81-35-23-17-24-36-81)75-77-47-51-79(52-48-77)80-53-49-78(50-54-80)76-96(82-37-25-18-26-38-82)98-72-74-100(108-98)106(93-67-59-89(60-68-93)103(13-5,14-6)85-43-31-21-32-44-85)94-69-61-90(62-70-94)104(15-7,16-8)86-45-33-22-34-46-86/h17-76H,9-16H2,1-8H3/b95-75+,96-76+. The van der Waals surface area contributed by atoms with Gasteiger partial charge in [-0.05, 0) is 225 Å². The van der Waals surface area contributed by atoms with Crippen molar-refractivity contribution in [1.82, 2.24) is 0 Å². The Kier molecular flexibility index (Phi) is 23.0. The Morgan fingerprint density at radius 1 is 0.231 bits per heavy atom. The largest absolute Gasteiger partial charge is 0.302 e. The van der Waals surface area contributed by atoms with E-state index >= 15 is 0 Å². The number of rotatable bonds is 29. The molecule has 2 nitrogen and oxygen atoms in total. The average Bonchev–Trinajstić information content (AvgIpc) is 1.04. The van der Waals surface area contributed by atoms with E-state index in [2.05, 4.69) is 429 Å². The molecular formula is C104H100N2S2. The molecule has 0 bridgehead atoms. The molecule has 0 aliphatic rings. The Labute approximate surface area is 651 Å². The Balaban J connectivity index is 0.771. The summed E-state index contributed by atoms with van der Waals surface area (Å²) in [7, 11) is 0. The lowest BCUT2D eigenvalue weighted by Crippen LogP contribution is -2.26. The van der Waals surface area contributed by atoms with Gasteiger partial charge < -0.3 is 9.80 Å². The molecule has 14 rings (SSSR count). The van der Waals surface area contributed by atoms with Crippen LogP contribution >= 0.6 is 22.7 Å². The van der Waals surface area contributed by atoms with Crippen LogP contribution in [-0.2, 0) is 21.7 Å². The monoisotopic (exact) mass is 1440 g/mol. The fraction of sp³-hybridized carbons (Fsp3) is 0.192. The van der Waals surface area contributed by atoms with Gasteiger partial charge in [0.15, 0.2) is 0 Å². The molecule has 2 heterocycles. The third kappa shape index (κ3) is 14.7. The van der Waals surface area contributed by atoms with Crippen molar-refractivity contribution < 1.29 is 0 Å². The molecule has 0 saturated carbocycles. The molecule has 0 aliphatic heterocycles. The summed E-state index contributed by atoms with van der Waals surface area (Å²) in [6.45, 7) is 18.6. The molecule has 538 valence electrons. The molecule has 0 spiro atoms. The number of hydrogen-bond acceptors (Lipinski definition) is 4. The fourth-order valence-corrected chi connectivity index (χ4v) is 19.6. The van der Waals surface area contributed by atoms with Crippen LogP contribution in [0, 0.1) is 0 Å². The third-order valence-corrected chi connectivity index (χ3v) is 26.2. The van der Waals surface area contributed by atoms with Gasteiger partial charge >= 0.3 is 0 Å². The fourth-order valence-electron chi connectivity index (χ4n) is 17.4. The van der Waals surface area contributed by atoms with Crippen LogP contribution in [0.25, 0.3) is 34.4 Å². The first kappa shape index (κ1) is 74.0. The molecule has 0 radical (unpaired) electrons. The maximum Gasteiger partial charge on any atom is 0.101 e. The van der Waals surface area contributed by atoms with Gasteiger partial charge in [0.25, 0.3) is 0 Å². The quantitative estimate of drug-likeness (QED) is 0.0431.